The van der Waals surface area contributed by atoms with Crippen LogP contribution in [0.1, 0.15) is 5.76 Å². The number of benzene rings is 2. The topological polar surface area (TPSA) is 103 Å². The highest BCUT2D eigenvalue weighted by atomic mass is 16.6. The van der Waals surface area contributed by atoms with Crippen molar-refractivity contribution in [3.63, 3.8) is 0 Å². The Hall–Kier alpha value is -3.35. The van der Waals surface area contributed by atoms with Gasteiger partial charge in [-0.05, 0) is 31.2 Å². The molecule has 0 unspecified atom stereocenters. The number of aryl methyl sites for hydroxylation is 1. The van der Waals surface area contributed by atoms with Crippen molar-refractivity contribution in [2.75, 3.05) is 0 Å². The monoisotopic (exact) mass is 313 g/mol. The molecule has 1 aromatic heterocycles. The number of hydrogen-bond donors (Lipinski definition) is 1. The third-order valence-corrected chi connectivity index (χ3v) is 3.27. The van der Waals surface area contributed by atoms with E-state index < -0.39 is 4.92 Å². The van der Waals surface area contributed by atoms with Gasteiger partial charge in [0.15, 0.2) is 0 Å². The van der Waals surface area contributed by atoms with Gasteiger partial charge in [-0.3, -0.25) is 14.9 Å². The van der Waals surface area contributed by atoms with Gasteiger partial charge < -0.3 is 14.3 Å². The third-order valence-electron chi connectivity index (χ3n) is 3.27. The predicted octanol–water partition coefficient (Wildman–Crippen LogP) is 3.51. The van der Waals surface area contributed by atoms with Gasteiger partial charge >= 0.3 is 0 Å². The van der Waals surface area contributed by atoms with Crippen molar-refractivity contribution in [3.8, 4) is 17.2 Å². The van der Waals surface area contributed by atoms with E-state index in [2.05, 4.69) is 0 Å². The molecule has 1 N–H and O–H groups in total. The van der Waals surface area contributed by atoms with Crippen LogP contribution in [0.2, 0.25) is 0 Å². The molecule has 0 aliphatic carbocycles. The molecule has 0 amide bonds. The van der Waals surface area contributed by atoms with E-state index in [1.54, 1.807) is 6.92 Å². The summed E-state index contributed by atoms with van der Waals surface area (Å²) in [6, 6.07) is 9.54. The second-order valence-electron chi connectivity index (χ2n) is 4.85. The van der Waals surface area contributed by atoms with Crippen LogP contribution in [-0.4, -0.2) is 10.0 Å². The third kappa shape index (κ3) is 2.71. The summed E-state index contributed by atoms with van der Waals surface area (Å²) in [4.78, 5) is 22.6. The second-order valence-corrected chi connectivity index (χ2v) is 4.85. The van der Waals surface area contributed by atoms with Gasteiger partial charge in [0.05, 0.1) is 10.3 Å². The van der Waals surface area contributed by atoms with Crippen molar-refractivity contribution in [1.82, 2.24) is 0 Å². The van der Waals surface area contributed by atoms with Crippen LogP contribution in [0.25, 0.3) is 11.0 Å². The molecule has 0 fully saturated rings. The number of fused-ring (bicyclic) bond motifs is 1. The molecule has 2 aromatic carbocycles. The molecule has 0 radical (unpaired) electrons. The molecule has 0 atom stereocenters. The van der Waals surface area contributed by atoms with E-state index in [1.165, 1.54) is 42.5 Å². The highest BCUT2D eigenvalue weighted by Gasteiger charge is 2.15. The zero-order valence-corrected chi connectivity index (χ0v) is 12.0. The van der Waals surface area contributed by atoms with Gasteiger partial charge in [-0.15, -0.1) is 0 Å². The summed E-state index contributed by atoms with van der Waals surface area (Å²) in [5.74, 6) is 0.511. The molecule has 7 nitrogen and oxygen atoms in total. The zero-order chi connectivity index (χ0) is 16.6. The number of nitro groups is 1. The number of phenols is 1. The van der Waals surface area contributed by atoms with E-state index in [1.807, 2.05) is 0 Å². The van der Waals surface area contributed by atoms with E-state index in [4.69, 9.17) is 9.15 Å². The van der Waals surface area contributed by atoms with E-state index >= 15 is 0 Å². The Morgan fingerprint density at radius 3 is 2.52 bits per heavy atom. The molecule has 7 heteroatoms. The lowest BCUT2D eigenvalue weighted by atomic mass is 10.2. The van der Waals surface area contributed by atoms with E-state index in [9.17, 15) is 20.0 Å². The first-order chi connectivity index (χ1) is 11.0. The van der Waals surface area contributed by atoms with Gasteiger partial charge in [0.25, 0.3) is 5.69 Å². The molecule has 3 rings (SSSR count). The zero-order valence-electron chi connectivity index (χ0n) is 12.0. The number of ether oxygens (including phenoxy) is 1. The van der Waals surface area contributed by atoms with Gasteiger partial charge in [0, 0.05) is 18.2 Å². The number of phenolic OH excluding ortho intramolecular Hbond substituents is 1. The molecule has 23 heavy (non-hydrogen) atoms. The number of rotatable bonds is 3. The SMILES string of the molecule is Cc1oc2cc(O)ccc2c(=O)c1Oc1ccc([N+](=O)[O-])cc1. The Kier molecular flexibility index (Phi) is 3.46. The summed E-state index contributed by atoms with van der Waals surface area (Å²) in [6.45, 7) is 1.56. The van der Waals surface area contributed by atoms with Crippen molar-refractivity contribution < 1.29 is 19.2 Å². The molecule has 0 saturated heterocycles. The van der Waals surface area contributed by atoms with Crippen LogP contribution in [0.15, 0.2) is 51.7 Å². The number of aromatic hydroxyl groups is 1. The van der Waals surface area contributed by atoms with Crippen molar-refractivity contribution in [2.24, 2.45) is 0 Å². The fourth-order valence-corrected chi connectivity index (χ4v) is 2.15. The molecule has 1 heterocycles. The standard InChI is InChI=1S/C16H11NO6/c1-9-16(23-12-5-2-10(3-6-12)17(20)21)15(19)13-7-4-11(18)8-14(13)22-9/h2-8,18H,1H3. The fraction of sp³-hybridized carbons (Fsp3) is 0.0625. The normalized spacial score (nSPS) is 10.7. The average Bonchev–Trinajstić information content (AvgIpc) is 2.51. The largest absolute Gasteiger partial charge is 0.508 e. The summed E-state index contributed by atoms with van der Waals surface area (Å²) >= 11 is 0. The fourth-order valence-electron chi connectivity index (χ4n) is 2.15. The van der Waals surface area contributed by atoms with Crippen LogP contribution < -0.4 is 10.2 Å². The lowest BCUT2D eigenvalue weighted by Crippen LogP contribution is -2.07. The summed E-state index contributed by atoms with van der Waals surface area (Å²) in [6.07, 6.45) is 0. The van der Waals surface area contributed by atoms with E-state index in [-0.39, 0.29) is 45.1 Å². The Morgan fingerprint density at radius 1 is 1.17 bits per heavy atom. The molecule has 3 aromatic rings. The summed E-state index contributed by atoms with van der Waals surface area (Å²) < 4.78 is 11.0. The van der Waals surface area contributed by atoms with Gasteiger partial charge in [0.1, 0.15) is 22.8 Å². The maximum absolute atomic E-state index is 12.5. The first-order valence-corrected chi connectivity index (χ1v) is 6.64. The summed E-state index contributed by atoms with van der Waals surface area (Å²) in [5.41, 5.74) is -0.208. The molecule has 0 aliphatic rings. The van der Waals surface area contributed by atoms with Crippen molar-refractivity contribution >= 4 is 16.7 Å². The number of nitro benzene ring substituents is 1. The smallest absolute Gasteiger partial charge is 0.269 e. The number of hydrogen-bond acceptors (Lipinski definition) is 6. The van der Waals surface area contributed by atoms with Crippen LogP contribution in [0.5, 0.6) is 17.2 Å². The Balaban J connectivity index is 2.04. The highest BCUT2D eigenvalue weighted by Crippen LogP contribution is 2.27. The van der Waals surface area contributed by atoms with Gasteiger partial charge in [-0.1, -0.05) is 0 Å². The first-order valence-electron chi connectivity index (χ1n) is 6.64. The molecule has 0 bridgehead atoms. The van der Waals surface area contributed by atoms with Crippen LogP contribution in [0.4, 0.5) is 5.69 Å². The quantitative estimate of drug-likeness (QED) is 0.586. The van der Waals surface area contributed by atoms with Gasteiger partial charge in [-0.2, -0.15) is 0 Å². The minimum absolute atomic E-state index is 0.00274. The van der Waals surface area contributed by atoms with Crippen molar-refractivity contribution in [3.05, 3.63) is 68.6 Å². The van der Waals surface area contributed by atoms with Crippen LogP contribution >= 0.6 is 0 Å². The molecule has 0 saturated carbocycles. The Morgan fingerprint density at radius 2 is 1.87 bits per heavy atom. The van der Waals surface area contributed by atoms with Gasteiger partial charge in [0.2, 0.25) is 11.2 Å². The molecule has 116 valence electrons. The molecular formula is C16H11NO6. The number of non-ortho nitro benzene ring substituents is 1. The minimum atomic E-state index is -0.522. The van der Waals surface area contributed by atoms with Crippen LogP contribution in [0.3, 0.4) is 0 Å². The average molecular weight is 313 g/mol. The van der Waals surface area contributed by atoms with Crippen molar-refractivity contribution in [1.29, 1.82) is 0 Å². The summed E-state index contributed by atoms with van der Waals surface area (Å²) in [5, 5.41) is 20.3. The van der Waals surface area contributed by atoms with Gasteiger partial charge in [-0.25, -0.2) is 0 Å². The maximum atomic E-state index is 12.5. The second kappa shape index (κ2) is 5.45. The molecule has 0 aliphatic heterocycles. The van der Waals surface area contributed by atoms with Crippen molar-refractivity contribution in [2.45, 2.75) is 6.92 Å². The summed E-state index contributed by atoms with van der Waals surface area (Å²) in [7, 11) is 0. The Labute approximate surface area is 129 Å². The van der Waals surface area contributed by atoms with E-state index in [0.29, 0.717) is 0 Å². The minimum Gasteiger partial charge on any atom is -0.508 e. The predicted molar refractivity (Wildman–Crippen MR) is 82.1 cm³/mol. The van der Waals surface area contributed by atoms with Crippen LogP contribution in [-0.2, 0) is 0 Å². The van der Waals surface area contributed by atoms with Crippen LogP contribution in [0, 0.1) is 17.0 Å². The first kappa shape index (κ1) is 14.6. The maximum Gasteiger partial charge on any atom is 0.269 e. The van der Waals surface area contributed by atoms with E-state index in [0.717, 1.165) is 0 Å². The molecular weight excluding hydrogens is 302 g/mol. The molecule has 0 spiro atoms. The Bertz CT molecular complexity index is 959. The number of nitrogens with zero attached hydrogens (tertiary/aromatic N) is 1. The lowest BCUT2D eigenvalue weighted by Gasteiger charge is -2.08. The highest BCUT2D eigenvalue weighted by molar-refractivity contribution is 5.79. The lowest BCUT2D eigenvalue weighted by molar-refractivity contribution is -0.384.